The van der Waals surface area contributed by atoms with Crippen molar-refractivity contribution < 1.29 is 0 Å². The average Bonchev–Trinajstić information content (AvgIpc) is 3.91. The Morgan fingerprint density at radius 3 is 0.882 bits per heavy atom. The maximum Gasteiger partial charge on any atom is 0.0497 e. The van der Waals surface area contributed by atoms with Crippen LogP contribution in [0.25, 0.3) is 77.0 Å². The third-order valence-corrected chi connectivity index (χ3v) is 13.6. The summed E-state index contributed by atoms with van der Waals surface area (Å²) in [6, 6.07) is 88.9. The highest BCUT2D eigenvalue weighted by Crippen LogP contribution is 2.45. The molecule has 0 bridgehead atoms. The number of aryl methyl sites for hydroxylation is 2. The Morgan fingerprint density at radius 1 is 0.250 bits per heavy atom. The molecule has 0 aliphatic carbocycles. The first-order valence-corrected chi connectivity index (χ1v) is 23.8. The van der Waals surface area contributed by atoms with Gasteiger partial charge in [-0.3, -0.25) is 0 Å². The molecule has 0 atom stereocenters. The first kappa shape index (κ1) is 40.9. The number of hydrogen-bond acceptors (Lipinski definition) is 2. The summed E-state index contributed by atoms with van der Waals surface area (Å²) < 4.78 is 4.90. The van der Waals surface area contributed by atoms with Gasteiger partial charge in [-0.05, 0) is 156 Å². The van der Waals surface area contributed by atoms with Crippen LogP contribution in [0.15, 0.2) is 243 Å². The van der Waals surface area contributed by atoms with Gasteiger partial charge in [0.05, 0.1) is 0 Å². The average molecular weight is 875 g/mol. The predicted molar refractivity (Wildman–Crippen MR) is 289 cm³/mol. The molecule has 4 nitrogen and oxygen atoms in total. The summed E-state index contributed by atoms with van der Waals surface area (Å²) in [6.45, 7) is 6.25. The zero-order valence-corrected chi connectivity index (χ0v) is 38.3. The van der Waals surface area contributed by atoms with Crippen LogP contribution in [0.1, 0.15) is 13.8 Å². The summed E-state index contributed by atoms with van der Waals surface area (Å²) in [5.74, 6) is 0. The third-order valence-electron chi connectivity index (χ3n) is 13.6. The molecule has 0 aliphatic rings. The van der Waals surface area contributed by atoms with Crippen molar-refractivity contribution in [3.05, 3.63) is 243 Å². The minimum atomic E-state index is 0.883. The lowest BCUT2D eigenvalue weighted by atomic mass is 9.93. The smallest absolute Gasteiger partial charge is 0.0497 e. The molecule has 0 fully saturated rings. The number of fused-ring (bicyclic) bond motifs is 6. The Balaban J connectivity index is 1.13. The van der Waals surface area contributed by atoms with Gasteiger partial charge < -0.3 is 18.9 Å². The van der Waals surface area contributed by atoms with Crippen LogP contribution in [0.5, 0.6) is 0 Å². The summed E-state index contributed by atoms with van der Waals surface area (Å²) in [5, 5.41) is 5.12. The van der Waals surface area contributed by atoms with Crippen LogP contribution in [0.3, 0.4) is 0 Å². The maximum atomic E-state index is 2.45. The van der Waals surface area contributed by atoms with E-state index in [4.69, 9.17) is 0 Å². The van der Waals surface area contributed by atoms with E-state index >= 15 is 0 Å². The number of anilines is 6. The predicted octanol–water partition coefficient (Wildman–Crippen LogP) is 17.9. The van der Waals surface area contributed by atoms with E-state index in [2.05, 4.69) is 275 Å². The van der Waals surface area contributed by atoms with Gasteiger partial charge >= 0.3 is 0 Å². The van der Waals surface area contributed by atoms with Gasteiger partial charge in [0.25, 0.3) is 0 Å². The van der Waals surface area contributed by atoms with Crippen LogP contribution in [-0.4, -0.2) is 9.13 Å². The molecule has 0 N–H and O–H groups in total. The standard InChI is InChI=1S/C64H50N4/c1-3-65-61-31-19-17-29-57(61)59-35-33-45(43-63(59)65)47-37-49(41-55(39-47)67(51-21-9-5-10-22-51)52-23-11-6-12-24-52)50-38-48(46-34-36-60-58-30-18-20-32-62(58)66(4-2)64(60)44-46)40-56(42-50)68(53-25-13-7-14-26-53)54-27-15-8-16-28-54/h5-44H,3-4H2,1-2H3. The van der Waals surface area contributed by atoms with E-state index in [9.17, 15) is 0 Å². The van der Waals surface area contributed by atoms with E-state index in [1.807, 2.05) is 0 Å². The fourth-order valence-corrected chi connectivity index (χ4v) is 10.5. The van der Waals surface area contributed by atoms with Crippen molar-refractivity contribution in [1.82, 2.24) is 9.13 Å². The molecule has 0 saturated heterocycles. The van der Waals surface area contributed by atoms with Crippen LogP contribution < -0.4 is 9.80 Å². The molecule has 326 valence electrons. The van der Waals surface area contributed by atoms with Crippen LogP contribution in [0, 0.1) is 0 Å². The summed E-state index contributed by atoms with van der Waals surface area (Å²) >= 11 is 0. The molecule has 12 aromatic rings. The van der Waals surface area contributed by atoms with E-state index in [0.717, 1.165) is 69.5 Å². The second kappa shape index (κ2) is 17.3. The Morgan fingerprint density at radius 2 is 0.544 bits per heavy atom. The number of para-hydroxylation sites is 6. The van der Waals surface area contributed by atoms with Crippen molar-refractivity contribution in [3.8, 4) is 33.4 Å². The van der Waals surface area contributed by atoms with Gasteiger partial charge in [0.2, 0.25) is 0 Å². The van der Waals surface area contributed by atoms with E-state index in [-0.39, 0.29) is 0 Å². The molecule has 0 amide bonds. The highest BCUT2D eigenvalue weighted by molar-refractivity contribution is 6.10. The van der Waals surface area contributed by atoms with Crippen molar-refractivity contribution >= 4 is 77.7 Å². The van der Waals surface area contributed by atoms with Gasteiger partial charge in [0, 0.05) is 90.8 Å². The highest BCUT2D eigenvalue weighted by Gasteiger charge is 2.21. The number of hydrogen-bond donors (Lipinski definition) is 0. The quantitative estimate of drug-likeness (QED) is 0.129. The number of aromatic nitrogens is 2. The second-order valence-electron chi connectivity index (χ2n) is 17.5. The first-order chi connectivity index (χ1) is 33.6. The van der Waals surface area contributed by atoms with E-state index in [1.165, 1.54) is 54.7 Å². The molecule has 12 rings (SSSR count). The molecular weight excluding hydrogens is 825 g/mol. The molecular formula is C64H50N4. The van der Waals surface area contributed by atoms with Crippen LogP contribution >= 0.6 is 0 Å². The number of benzene rings is 10. The largest absolute Gasteiger partial charge is 0.341 e. The minimum Gasteiger partial charge on any atom is -0.341 e. The molecule has 0 radical (unpaired) electrons. The van der Waals surface area contributed by atoms with Crippen LogP contribution in [0.2, 0.25) is 0 Å². The van der Waals surface area contributed by atoms with Crippen LogP contribution in [-0.2, 0) is 13.1 Å². The first-order valence-electron chi connectivity index (χ1n) is 23.8. The van der Waals surface area contributed by atoms with Crippen molar-refractivity contribution in [2.24, 2.45) is 0 Å². The number of rotatable bonds is 11. The van der Waals surface area contributed by atoms with Gasteiger partial charge in [-0.25, -0.2) is 0 Å². The topological polar surface area (TPSA) is 16.3 Å². The SMILES string of the molecule is CCn1c2ccccc2c2ccc(-c3cc(-c4cc(-c5ccc6c7ccccc7n(CC)c6c5)cc(N(c5ccccc5)c5ccccc5)c4)cc(N(c4ccccc4)c4ccccc4)c3)cc21. The zero-order valence-electron chi connectivity index (χ0n) is 38.3. The lowest BCUT2D eigenvalue weighted by Gasteiger charge is -2.28. The van der Waals surface area contributed by atoms with Crippen LogP contribution in [0.4, 0.5) is 34.1 Å². The van der Waals surface area contributed by atoms with Gasteiger partial charge in [-0.15, -0.1) is 0 Å². The zero-order chi connectivity index (χ0) is 45.6. The Kier molecular flexibility index (Phi) is 10.4. The molecule has 0 saturated carbocycles. The lowest BCUT2D eigenvalue weighted by molar-refractivity contribution is 0.827. The number of nitrogens with zero attached hydrogens (tertiary/aromatic N) is 4. The molecule has 0 aliphatic heterocycles. The van der Waals surface area contributed by atoms with E-state index in [1.54, 1.807) is 0 Å². The fraction of sp³-hybridized carbons (Fsp3) is 0.0625. The molecule has 2 aromatic heterocycles. The molecule has 10 aromatic carbocycles. The van der Waals surface area contributed by atoms with E-state index in [0.29, 0.717) is 0 Å². The normalized spacial score (nSPS) is 11.5. The maximum absolute atomic E-state index is 2.45. The van der Waals surface area contributed by atoms with Crippen molar-refractivity contribution in [1.29, 1.82) is 0 Å². The molecule has 0 unspecified atom stereocenters. The monoisotopic (exact) mass is 874 g/mol. The molecule has 2 heterocycles. The van der Waals surface area contributed by atoms with Crippen molar-refractivity contribution in [2.75, 3.05) is 9.80 Å². The summed E-state index contributed by atoms with van der Waals surface area (Å²) in [4.78, 5) is 4.77. The van der Waals surface area contributed by atoms with Gasteiger partial charge in [0.15, 0.2) is 0 Å². The van der Waals surface area contributed by atoms with Gasteiger partial charge in [-0.2, -0.15) is 0 Å². The Bertz CT molecular complexity index is 3430. The van der Waals surface area contributed by atoms with Crippen molar-refractivity contribution in [3.63, 3.8) is 0 Å². The molecule has 0 spiro atoms. The van der Waals surface area contributed by atoms with Crippen molar-refractivity contribution in [2.45, 2.75) is 26.9 Å². The Hall–Kier alpha value is -8.60. The minimum absolute atomic E-state index is 0.883. The molecule has 4 heteroatoms. The lowest BCUT2D eigenvalue weighted by Crippen LogP contribution is -2.11. The van der Waals surface area contributed by atoms with E-state index < -0.39 is 0 Å². The molecule has 68 heavy (non-hydrogen) atoms. The third kappa shape index (κ3) is 7.19. The second-order valence-corrected chi connectivity index (χ2v) is 17.5. The summed E-state index contributed by atoms with van der Waals surface area (Å²) in [6.07, 6.45) is 0. The van der Waals surface area contributed by atoms with Gasteiger partial charge in [0.1, 0.15) is 0 Å². The Labute approximate surface area is 397 Å². The summed E-state index contributed by atoms with van der Waals surface area (Å²) in [5.41, 5.74) is 18.4. The highest BCUT2D eigenvalue weighted by atomic mass is 15.1. The van der Waals surface area contributed by atoms with Gasteiger partial charge in [-0.1, -0.05) is 133 Å². The summed E-state index contributed by atoms with van der Waals surface area (Å²) in [7, 11) is 0. The fourth-order valence-electron chi connectivity index (χ4n) is 10.5.